The van der Waals surface area contributed by atoms with Crippen LogP contribution in [0.4, 0.5) is 5.82 Å². The van der Waals surface area contributed by atoms with Crippen molar-refractivity contribution in [1.82, 2.24) is 15.0 Å². The number of fused-ring (bicyclic) bond motifs is 1. The van der Waals surface area contributed by atoms with Crippen LogP contribution in [0.2, 0.25) is 0 Å². The minimum absolute atomic E-state index is 0.750. The molecule has 0 saturated carbocycles. The van der Waals surface area contributed by atoms with E-state index in [1.165, 1.54) is 0 Å². The van der Waals surface area contributed by atoms with Gasteiger partial charge < -0.3 is 5.32 Å². The highest BCUT2D eigenvalue weighted by Gasteiger charge is 2.09. The first-order chi connectivity index (χ1) is 10.2. The van der Waals surface area contributed by atoms with Gasteiger partial charge in [0.1, 0.15) is 5.82 Å². The van der Waals surface area contributed by atoms with Crippen LogP contribution in [0.1, 0.15) is 18.2 Å². The van der Waals surface area contributed by atoms with Gasteiger partial charge in [0.15, 0.2) is 5.82 Å². The molecule has 0 spiro atoms. The Morgan fingerprint density at radius 3 is 2.76 bits per heavy atom. The number of aryl methyl sites for hydroxylation is 1. The number of aromatic nitrogens is 3. The number of hydrogen-bond acceptors (Lipinski definition) is 4. The second-order valence-corrected chi connectivity index (χ2v) is 5.05. The molecule has 3 aromatic rings. The fourth-order valence-electron chi connectivity index (χ4n) is 2.31. The first-order valence-corrected chi connectivity index (χ1v) is 7.13. The first-order valence-electron chi connectivity index (χ1n) is 7.13. The van der Waals surface area contributed by atoms with Crippen molar-refractivity contribution in [2.75, 3.05) is 11.9 Å². The smallest absolute Gasteiger partial charge is 0.161 e. The summed E-state index contributed by atoms with van der Waals surface area (Å²) in [4.78, 5) is 13.6. The maximum absolute atomic E-state index is 4.66. The van der Waals surface area contributed by atoms with Gasteiger partial charge in [0.2, 0.25) is 0 Å². The highest BCUT2D eigenvalue weighted by molar-refractivity contribution is 5.83. The van der Waals surface area contributed by atoms with Crippen LogP contribution < -0.4 is 5.32 Å². The highest BCUT2D eigenvalue weighted by Crippen LogP contribution is 2.24. The molecule has 2 heterocycles. The molecule has 2 aromatic heterocycles. The summed E-state index contributed by atoms with van der Waals surface area (Å²) in [5, 5.41) is 4.40. The third-order valence-electron chi connectivity index (χ3n) is 3.59. The fourth-order valence-corrected chi connectivity index (χ4v) is 2.31. The molecule has 0 unspecified atom stereocenters. The van der Waals surface area contributed by atoms with Crippen molar-refractivity contribution in [2.45, 2.75) is 20.8 Å². The molecular weight excluding hydrogens is 260 g/mol. The normalized spacial score (nSPS) is 10.8. The van der Waals surface area contributed by atoms with Gasteiger partial charge in [0.05, 0.1) is 5.52 Å². The van der Waals surface area contributed by atoms with Gasteiger partial charge in [-0.2, -0.15) is 0 Å². The molecule has 1 N–H and O–H groups in total. The van der Waals surface area contributed by atoms with Gasteiger partial charge in [0, 0.05) is 34.9 Å². The van der Waals surface area contributed by atoms with Gasteiger partial charge >= 0.3 is 0 Å². The quantitative estimate of drug-likeness (QED) is 0.793. The van der Waals surface area contributed by atoms with E-state index in [0.717, 1.165) is 45.9 Å². The Morgan fingerprint density at radius 2 is 1.95 bits per heavy atom. The molecule has 1 aromatic carbocycles. The minimum Gasteiger partial charge on any atom is -0.370 e. The second kappa shape index (κ2) is 5.48. The second-order valence-electron chi connectivity index (χ2n) is 5.05. The summed E-state index contributed by atoms with van der Waals surface area (Å²) in [5.41, 5.74) is 4.10. The zero-order valence-corrected chi connectivity index (χ0v) is 12.5. The molecule has 0 fully saturated rings. The summed E-state index contributed by atoms with van der Waals surface area (Å²) in [7, 11) is 0. The Hall–Kier alpha value is -2.49. The Bertz CT molecular complexity index is 796. The van der Waals surface area contributed by atoms with Crippen LogP contribution in [0.15, 0.2) is 36.5 Å². The maximum atomic E-state index is 4.66. The SMILES string of the molecule is CCNc1nc(-c2ccc3ncccc3c2)nc(C)c1C. The van der Waals surface area contributed by atoms with Crippen molar-refractivity contribution in [2.24, 2.45) is 0 Å². The molecule has 106 valence electrons. The van der Waals surface area contributed by atoms with E-state index in [0.29, 0.717) is 0 Å². The number of benzene rings is 1. The number of anilines is 1. The lowest BCUT2D eigenvalue weighted by atomic mass is 10.1. The molecule has 4 nitrogen and oxygen atoms in total. The van der Waals surface area contributed by atoms with Gasteiger partial charge in [-0.25, -0.2) is 9.97 Å². The summed E-state index contributed by atoms with van der Waals surface area (Å²) in [6, 6.07) is 10.1. The van der Waals surface area contributed by atoms with Gasteiger partial charge in [-0.3, -0.25) is 4.98 Å². The number of nitrogens with one attached hydrogen (secondary N) is 1. The highest BCUT2D eigenvalue weighted by atomic mass is 15.0. The van der Waals surface area contributed by atoms with Crippen LogP contribution in [-0.2, 0) is 0 Å². The average Bonchev–Trinajstić information content (AvgIpc) is 2.51. The van der Waals surface area contributed by atoms with E-state index >= 15 is 0 Å². The van der Waals surface area contributed by atoms with Crippen molar-refractivity contribution < 1.29 is 0 Å². The molecule has 0 radical (unpaired) electrons. The summed E-state index contributed by atoms with van der Waals surface area (Å²) in [5.74, 6) is 1.66. The monoisotopic (exact) mass is 278 g/mol. The molecule has 4 heteroatoms. The standard InChI is InChI=1S/C17H18N4/c1-4-18-16-11(2)12(3)20-17(21-16)14-7-8-15-13(10-14)6-5-9-19-15/h5-10H,4H2,1-3H3,(H,18,20,21). The van der Waals surface area contributed by atoms with Crippen LogP contribution in [0, 0.1) is 13.8 Å². The molecular formula is C17H18N4. The Balaban J connectivity index is 2.13. The van der Waals surface area contributed by atoms with Crippen molar-refractivity contribution in [3.05, 3.63) is 47.8 Å². The van der Waals surface area contributed by atoms with Gasteiger partial charge in [-0.05, 0) is 45.0 Å². The van der Waals surface area contributed by atoms with Crippen LogP contribution in [0.25, 0.3) is 22.3 Å². The molecule has 0 saturated heterocycles. The van der Waals surface area contributed by atoms with Gasteiger partial charge in [-0.15, -0.1) is 0 Å². The lowest BCUT2D eigenvalue weighted by molar-refractivity contribution is 1.05. The molecule has 0 aliphatic rings. The predicted octanol–water partition coefficient (Wildman–Crippen LogP) is 3.74. The van der Waals surface area contributed by atoms with E-state index in [1.54, 1.807) is 6.20 Å². The molecule has 0 aliphatic carbocycles. The van der Waals surface area contributed by atoms with Crippen LogP contribution in [0.3, 0.4) is 0 Å². The predicted molar refractivity (Wildman–Crippen MR) is 86.4 cm³/mol. The van der Waals surface area contributed by atoms with E-state index < -0.39 is 0 Å². The first kappa shape index (κ1) is 13.5. The molecule has 21 heavy (non-hydrogen) atoms. The number of rotatable bonds is 3. The summed E-state index contributed by atoms with van der Waals surface area (Å²) < 4.78 is 0. The van der Waals surface area contributed by atoms with E-state index in [4.69, 9.17) is 0 Å². The zero-order chi connectivity index (χ0) is 14.8. The van der Waals surface area contributed by atoms with Crippen molar-refractivity contribution >= 4 is 16.7 Å². The maximum Gasteiger partial charge on any atom is 0.161 e. The zero-order valence-electron chi connectivity index (χ0n) is 12.5. The topological polar surface area (TPSA) is 50.7 Å². The third kappa shape index (κ3) is 2.57. The van der Waals surface area contributed by atoms with Crippen LogP contribution in [-0.4, -0.2) is 21.5 Å². The van der Waals surface area contributed by atoms with Crippen LogP contribution >= 0.6 is 0 Å². The van der Waals surface area contributed by atoms with E-state index in [9.17, 15) is 0 Å². The average molecular weight is 278 g/mol. The Labute approximate surface area is 124 Å². The van der Waals surface area contributed by atoms with Crippen molar-refractivity contribution in [1.29, 1.82) is 0 Å². The summed E-state index contributed by atoms with van der Waals surface area (Å²) in [6.45, 7) is 6.97. The molecule has 0 aliphatic heterocycles. The van der Waals surface area contributed by atoms with Gasteiger partial charge in [-0.1, -0.05) is 6.07 Å². The Morgan fingerprint density at radius 1 is 1.10 bits per heavy atom. The van der Waals surface area contributed by atoms with Crippen molar-refractivity contribution in [3.63, 3.8) is 0 Å². The minimum atomic E-state index is 0.750. The number of hydrogen-bond donors (Lipinski definition) is 1. The van der Waals surface area contributed by atoms with Crippen molar-refractivity contribution in [3.8, 4) is 11.4 Å². The third-order valence-corrected chi connectivity index (χ3v) is 3.59. The Kier molecular flexibility index (Phi) is 3.52. The van der Waals surface area contributed by atoms with E-state index in [-0.39, 0.29) is 0 Å². The summed E-state index contributed by atoms with van der Waals surface area (Å²) >= 11 is 0. The fraction of sp³-hybridized carbons (Fsp3) is 0.235. The molecule has 0 atom stereocenters. The lowest BCUT2D eigenvalue weighted by Crippen LogP contribution is -2.06. The van der Waals surface area contributed by atoms with E-state index in [1.807, 2.05) is 32.0 Å². The number of nitrogens with zero attached hydrogens (tertiary/aromatic N) is 3. The molecule has 0 amide bonds. The van der Waals surface area contributed by atoms with Gasteiger partial charge in [0.25, 0.3) is 0 Å². The lowest BCUT2D eigenvalue weighted by Gasteiger charge is -2.11. The molecule has 0 bridgehead atoms. The van der Waals surface area contributed by atoms with Crippen LogP contribution in [0.5, 0.6) is 0 Å². The van der Waals surface area contributed by atoms with E-state index in [2.05, 4.69) is 39.3 Å². The number of pyridine rings is 1. The summed E-state index contributed by atoms with van der Waals surface area (Å²) in [6.07, 6.45) is 1.80. The molecule has 3 rings (SSSR count). The largest absolute Gasteiger partial charge is 0.370 e.